The quantitative estimate of drug-likeness (QED) is 0.887. The van der Waals surface area contributed by atoms with Crippen molar-refractivity contribution >= 4 is 17.3 Å². The van der Waals surface area contributed by atoms with Crippen LogP contribution in [0.4, 0.5) is 20.2 Å². The standard InChI is InChI=1S/C16H14F2N2O/c17-11-5-1-6-12(18)15(11)16(21)20-14-8-2-7-13-10(14)4-3-9-19-13/h1-2,5-8,19H,3-4,9H2,(H,20,21). The first-order valence-corrected chi connectivity index (χ1v) is 6.78. The minimum atomic E-state index is -0.865. The van der Waals surface area contributed by atoms with Crippen LogP contribution in [0.25, 0.3) is 0 Å². The van der Waals surface area contributed by atoms with E-state index < -0.39 is 23.1 Å². The van der Waals surface area contributed by atoms with Gasteiger partial charge in [-0.3, -0.25) is 4.79 Å². The number of amides is 1. The Balaban J connectivity index is 1.92. The zero-order valence-electron chi connectivity index (χ0n) is 11.2. The third-order valence-corrected chi connectivity index (χ3v) is 3.53. The summed E-state index contributed by atoms with van der Waals surface area (Å²) in [5, 5.41) is 5.85. The number of nitrogens with one attached hydrogen (secondary N) is 2. The number of hydrogen-bond donors (Lipinski definition) is 2. The van der Waals surface area contributed by atoms with Gasteiger partial charge in [0, 0.05) is 17.9 Å². The lowest BCUT2D eigenvalue weighted by Gasteiger charge is -2.21. The van der Waals surface area contributed by atoms with E-state index in [0.29, 0.717) is 5.69 Å². The molecule has 0 spiro atoms. The molecule has 1 aliphatic heterocycles. The summed E-state index contributed by atoms with van der Waals surface area (Å²) in [5.41, 5.74) is 1.95. The first-order valence-electron chi connectivity index (χ1n) is 6.78. The van der Waals surface area contributed by atoms with Gasteiger partial charge in [-0.05, 0) is 42.7 Å². The number of carbonyl (C=O) groups excluding carboxylic acids is 1. The molecule has 1 amide bonds. The molecule has 5 heteroatoms. The summed E-state index contributed by atoms with van der Waals surface area (Å²) >= 11 is 0. The summed E-state index contributed by atoms with van der Waals surface area (Å²) in [7, 11) is 0. The molecular formula is C16H14F2N2O. The highest BCUT2D eigenvalue weighted by Crippen LogP contribution is 2.29. The SMILES string of the molecule is O=C(Nc1cccc2c1CCCN2)c1c(F)cccc1F. The van der Waals surface area contributed by atoms with E-state index in [1.807, 2.05) is 6.07 Å². The smallest absolute Gasteiger partial charge is 0.261 e. The maximum absolute atomic E-state index is 13.6. The molecule has 0 bridgehead atoms. The normalized spacial score (nSPS) is 13.2. The molecule has 0 aliphatic carbocycles. The van der Waals surface area contributed by atoms with E-state index in [4.69, 9.17) is 0 Å². The van der Waals surface area contributed by atoms with Gasteiger partial charge in [-0.15, -0.1) is 0 Å². The van der Waals surface area contributed by atoms with Crippen LogP contribution in [0, 0.1) is 11.6 Å². The zero-order valence-corrected chi connectivity index (χ0v) is 11.2. The van der Waals surface area contributed by atoms with Crippen molar-refractivity contribution in [3.05, 3.63) is 59.2 Å². The van der Waals surface area contributed by atoms with Gasteiger partial charge in [-0.25, -0.2) is 8.78 Å². The van der Waals surface area contributed by atoms with Gasteiger partial charge in [-0.1, -0.05) is 12.1 Å². The van der Waals surface area contributed by atoms with Gasteiger partial charge in [0.25, 0.3) is 5.91 Å². The maximum atomic E-state index is 13.6. The number of anilines is 2. The second-order valence-electron chi connectivity index (χ2n) is 4.91. The van der Waals surface area contributed by atoms with Gasteiger partial charge >= 0.3 is 0 Å². The molecule has 2 aromatic carbocycles. The van der Waals surface area contributed by atoms with Crippen molar-refractivity contribution < 1.29 is 13.6 Å². The topological polar surface area (TPSA) is 41.1 Å². The number of carbonyl (C=O) groups is 1. The summed E-state index contributed by atoms with van der Waals surface area (Å²) in [6, 6.07) is 8.83. The number of benzene rings is 2. The molecule has 0 radical (unpaired) electrons. The molecule has 108 valence electrons. The monoisotopic (exact) mass is 288 g/mol. The fourth-order valence-corrected chi connectivity index (χ4v) is 2.53. The van der Waals surface area contributed by atoms with E-state index in [-0.39, 0.29) is 0 Å². The first kappa shape index (κ1) is 13.5. The highest BCUT2D eigenvalue weighted by Gasteiger charge is 2.19. The van der Waals surface area contributed by atoms with Crippen LogP contribution < -0.4 is 10.6 Å². The molecule has 3 nitrogen and oxygen atoms in total. The van der Waals surface area contributed by atoms with Gasteiger partial charge in [0.2, 0.25) is 0 Å². The molecule has 3 rings (SSSR count). The Morgan fingerprint density at radius 3 is 2.57 bits per heavy atom. The average Bonchev–Trinajstić information content (AvgIpc) is 2.47. The Morgan fingerprint density at radius 1 is 1.10 bits per heavy atom. The molecule has 0 saturated heterocycles. The summed E-state index contributed by atoms with van der Waals surface area (Å²) in [4.78, 5) is 12.1. The zero-order chi connectivity index (χ0) is 14.8. The third kappa shape index (κ3) is 2.59. The molecule has 0 aromatic heterocycles. The minimum Gasteiger partial charge on any atom is -0.385 e. The van der Waals surface area contributed by atoms with Crippen LogP contribution in [0.2, 0.25) is 0 Å². The maximum Gasteiger partial charge on any atom is 0.261 e. The summed E-state index contributed by atoms with van der Waals surface area (Å²) in [5.74, 6) is -2.50. The molecule has 0 unspecified atom stereocenters. The lowest BCUT2D eigenvalue weighted by Crippen LogP contribution is -2.19. The van der Waals surface area contributed by atoms with Crippen LogP contribution in [0.5, 0.6) is 0 Å². The van der Waals surface area contributed by atoms with Crippen molar-refractivity contribution in [2.75, 3.05) is 17.2 Å². The highest BCUT2D eigenvalue weighted by atomic mass is 19.1. The predicted octanol–water partition coefficient (Wildman–Crippen LogP) is 3.58. The predicted molar refractivity (Wildman–Crippen MR) is 77.6 cm³/mol. The number of hydrogen-bond acceptors (Lipinski definition) is 2. The van der Waals surface area contributed by atoms with Gasteiger partial charge in [0.05, 0.1) is 0 Å². The first-order chi connectivity index (χ1) is 10.2. The molecule has 21 heavy (non-hydrogen) atoms. The Morgan fingerprint density at radius 2 is 1.81 bits per heavy atom. The van der Waals surface area contributed by atoms with Crippen molar-refractivity contribution in [1.82, 2.24) is 0 Å². The summed E-state index contributed by atoms with van der Waals surface area (Å²) in [6.07, 6.45) is 1.77. The van der Waals surface area contributed by atoms with E-state index in [1.54, 1.807) is 12.1 Å². The number of halogens is 2. The van der Waals surface area contributed by atoms with E-state index in [1.165, 1.54) is 6.07 Å². The van der Waals surface area contributed by atoms with E-state index >= 15 is 0 Å². The summed E-state index contributed by atoms with van der Waals surface area (Å²) in [6.45, 7) is 0.881. The van der Waals surface area contributed by atoms with Crippen LogP contribution in [-0.2, 0) is 6.42 Å². The molecule has 1 heterocycles. The Hall–Kier alpha value is -2.43. The second kappa shape index (κ2) is 5.52. The number of fused-ring (bicyclic) bond motifs is 1. The lowest BCUT2D eigenvalue weighted by atomic mass is 10.0. The van der Waals surface area contributed by atoms with Gasteiger partial charge in [0.1, 0.15) is 17.2 Å². The molecule has 0 fully saturated rings. The van der Waals surface area contributed by atoms with E-state index in [9.17, 15) is 13.6 Å². The molecule has 1 aliphatic rings. The lowest BCUT2D eigenvalue weighted by molar-refractivity contribution is 0.101. The fourth-order valence-electron chi connectivity index (χ4n) is 2.53. The molecule has 2 N–H and O–H groups in total. The van der Waals surface area contributed by atoms with Crippen LogP contribution in [-0.4, -0.2) is 12.5 Å². The highest BCUT2D eigenvalue weighted by molar-refractivity contribution is 6.05. The van der Waals surface area contributed by atoms with Crippen LogP contribution in [0.1, 0.15) is 22.3 Å². The second-order valence-corrected chi connectivity index (χ2v) is 4.91. The Labute approximate surface area is 121 Å². The van der Waals surface area contributed by atoms with Crippen molar-refractivity contribution in [2.24, 2.45) is 0 Å². The van der Waals surface area contributed by atoms with Gasteiger partial charge in [0.15, 0.2) is 0 Å². The number of rotatable bonds is 2. The molecule has 0 atom stereocenters. The van der Waals surface area contributed by atoms with E-state index in [2.05, 4.69) is 10.6 Å². The molecule has 0 saturated carbocycles. The van der Waals surface area contributed by atoms with Crippen molar-refractivity contribution in [3.63, 3.8) is 0 Å². The largest absolute Gasteiger partial charge is 0.385 e. The summed E-state index contributed by atoms with van der Waals surface area (Å²) < 4.78 is 27.3. The van der Waals surface area contributed by atoms with Crippen LogP contribution in [0.3, 0.4) is 0 Å². The van der Waals surface area contributed by atoms with Crippen LogP contribution >= 0.6 is 0 Å². The van der Waals surface area contributed by atoms with Crippen LogP contribution in [0.15, 0.2) is 36.4 Å². The minimum absolute atomic E-state index is 0.557. The van der Waals surface area contributed by atoms with Crippen molar-refractivity contribution in [2.45, 2.75) is 12.8 Å². The van der Waals surface area contributed by atoms with Gasteiger partial charge < -0.3 is 10.6 Å². The Bertz CT molecular complexity index is 680. The molecular weight excluding hydrogens is 274 g/mol. The third-order valence-electron chi connectivity index (χ3n) is 3.53. The van der Waals surface area contributed by atoms with Gasteiger partial charge in [-0.2, -0.15) is 0 Å². The van der Waals surface area contributed by atoms with Crippen molar-refractivity contribution in [1.29, 1.82) is 0 Å². The Kier molecular flexibility index (Phi) is 3.56. The average molecular weight is 288 g/mol. The van der Waals surface area contributed by atoms with Crippen molar-refractivity contribution in [3.8, 4) is 0 Å². The molecule has 2 aromatic rings. The van der Waals surface area contributed by atoms with E-state index in [0.717, 1.165) is 42.8 Å². The fraction of sp³-hybridized carbons (Fsp3) is 0.188.